The first kappa shape index (κ1) is 16.1. The van der Waals surface area contributed by atoms with Crippen LogP contribution in [0, 0.1) is 17.3 Å². The predicted octanol–water partition coefficient (Wildman–Crippen LogP) is 4.82. The standard InChI is InChI=1S/C20H22O2/c1-15-9-8-14-20(2,3)18(15)13-7-5-11-16-10-4-6-12-17(16)19(21)22/h4,6-7,10,12-13H,8-9,14H2,1-3H3,(H,21,22)/b13-7+. The number of rotatable bonds is 2. The molecule has 1 aliphatic carbocycles. The highest BCUT2D eigenvalue weighted by atomic mass is 16.4. The first-order valence-electron chi connectivity index (χ1n) is 7.62. The third kappa shape index (κ3) is 3.68. The van der Waals surface area contributed by atoms with Crippen LogP contribution in [-0.4, -0.2) is 11.1 Å². The molecule has 0 bridgehead atoms. The molecule has 1 N–H and O–H groups in total. The Morgan fingerprint density at radius 2 is 2.05 bits per heavy atom. The summed E-state index contributed by atoms with van der Waals surface area (Å²) < 4.78 is 0. The summed E-state index contributed by atoms with van der Waals surface area (Å²) in [7, 11) is 0. The van der Waals surface area contributed by atoms with E-state index in [1.807, 2.05) is 6.08 Å². The van der Waals surface area contributed by atoms with Gasteiger partial charge in [-0.15, -0.1) is 0 Å². The van der Waals surface area contributed by atoms with Gasteiger partial charge in [0.15, 0.2) is 0 Å². The van der Waals surface area contributed by atoms with Crippen LogP contribution in [0.4, 0.5) is 0 Å². The molecule has 0 radical (unpaired) electrons. The third-order valence-electron chi connectivity index (χ3n) is 4.24. The van der Waals surface area contributed by atoms with Gasteiger partial charge in [-0.25, -0.2) is 4.79 Å². The van der Waals surface area contributed by atoms with Crippen molar-refractivity contribution in [2.24, 2.45) is 5.41 Å². The maximum atomic E-state index is 11.1. The summed E-state index contributed by atoms with van der Waals surface area (Å²) in [5.74, 6) is 4.97. The summed E-state index contributed by atoms with van der Waals surface area (Å²) in [4.78, 5) is 11.1. The molecule has 0 unspecified atom stereocenters. The minimum absolute atomic E-state index is 0.194. The van der Waals surface area contributed by atoms with E-state index < -0.39 is 5.97 Å². The van der Waals surface area contributed by atoms with E-state index in [2.05, 4.69) is 38.7 Å². The number of hydrogen-bond donors (Lipinski definition) is 1. The minimum Gasteiger partial charge on any atom is -0.478 e. The first-order valence-corrected chi connectivity index (χ1v) is 7.62. The van der Waals surface area contributed by atoms with Crippen molar-refractivity contribution in [2.75, 3.05) is 0 Å². The van der Waals surface area contributed by atoms with E-state index in [0.717, 1.165) is 6.42 Å². The molecule has 114 valence electrons. The molecule has 0 atom stereocenters. The summed E-state index contributed by atoms with van der Waals surface area (Å²) in [5, 5.41) is 9.14. The van der Waals surface area contributed by atoms with E-state index in [0.29, 0.717) is 5.56 Å². The van der Waals surface area contributed by atoms with Crippen LogP contribution in [-0.2, 0) is 0 Å². The molecule has 2 rings (SSSR count). The van der Waals surface area contributed by atoms with Gasteiger partial charge in [-0.2, -0.15) is 0 Å². The Hall–Kier alpha value is -2.27. The Balaban J connectivity index is 2.23. The predicted molar refractivity (Wildman–Crippen MR) is 89.8 cm³/mol. The highest BCUT2D eigenvalue weighted by Crippen LogP contribution is 2.40. The van der Waals surface area contributed by atoms with Crippen molar-refractivity contribution >= 4 is 5.97 Å². The zero-order valence-electron chi connectivity index (χ0n) is 13.4. The lowest BCUT2D eigenvalue weighted by molar-refractivity contribution is 0.0696. The molecule has 0 saturated carbocycles. The van der Waals surface area contributed by atoms with Crippen LogP contribution in [0.25, 0.3) is 0 Å². The van der Waals surface area contributed by atoms with E-state index in [-0.39, 0.29) is 11.0 Å². The zero-order valence-corrected chi connectivity index (χ0v) is 13.4. The van der Waals surface area contributed by atoms with Crippen LogP contribution in [0.3, 0.4) is 0 Å². The molecule has 2 nitrogen and oxygen atoms in total. The van der Waals surface area contributed by atoms with Gasteiger partial charge >= 0.3 is 5.97 Å². The minimum atomic E-state index is -0.944. The Morgan fingerprint density at radius 1 is 1.32 bits per heavy atom. The van der Waals surface area contributed by atoms with Gasteiger partial charge in [-0.05, 0) is 55.4 Å². The number of carboxylic acid groups (broad SMARTS) is 1. The van der Waals surface area contributed by atoms with Crippen LogP contribution < -0.4 is 0 Å². The second-order valence-electron chi connectivity index (χ2n) is 6.38. The topological polar surface area (TPSA) is 37.3 Å². The van der Waals surface area contributed by atoms with E-state index in [9.17, 15) is 4.79 Å². The van der Waals surface area contributed by atoms with Crippen LogP contribution in [0.5, 0.6) is 0 Å². The summed E-state index contributed by atoms with van der Waals surface area (Å²) in [6.07, 6.45) is 7.51. The normalized spacial score (nSPS) is 17.2. The van der Waals surface area contributed by atoms with E-state index in [1.165, 1.54) is 24.0 Å². The molecule has 0 saturated heterocycles. The van der Waals surface area contributed by atoms with Gasteiger partial charge in [0.25, 0.3) is 0 Å². The summed E-state index contributed by atoms with van der Waals surface area (Å²) >= 11 is 0. The third-order valence-corrected chi connectivity index (χ3v) is 4.24. The Bertz CT molecular complexity index is 694. The largest absolute Gasteiger partial charge is 0.478 e. The Labute approximate surface area is 132 Å². The zero-order chi connectivity index (χ0) is 16.2. The Kier molecular flexibility index (Phi) is 4.88. The second kappa shape index (κ2) is 6.66. The van der Waals surface area contributed by atoms with Gasteiger partial charge in [0.05, 0.1) is 5.56 Å². The van der Waals surface area contributed by atoms with E-state index in [4.69, 9.17) is 5.11 Å². The van der Waals surface area contributed by atoms with Gasteiger partial charge in [-0.3, -0.25) is 0 Å². The molecular weight excluding hydrogens is 272 g/mol. The van der Waals surface area contributed by atoms with Crippen molar-refractivity contribution in [1.29, 1.82) is 0 Å². The van der Waals surface area contributed by atoms with Crippen molar-refractivity contribution in [3.63, 3.8) is 0 Å². The average Bonchev–Trinajstić information content (AvgIpc) is 2.45. The fourth-order valence-electron chi connectivity index (χ4n) is 3.03. The number of carbonyl (C=O) groups is 1. The lowest BCUT2D eigenvalue weighted by atomic mass is 9.73. The molecule has 22 heavy (non-hydrogen) atoms. The fourth-order valence-corrected chi connectivity index (χ4v) is 3.03. The molecule has 0 heterocycles. The lowest BCUT2D eigenvalue weighted by Gasteiger charge is -2.32. The summed E-state index contributed by atoms with van der Waals surface area (Å²) in [5.41, 5.74) is 3.78. The molecular formula is C20H22O2. The summed E-state index contributed by atoms with van der Waals surface area (Å²) in [6, 6.07) is 6.83. The molecule has 0 spiro atoms. The number of benzene rings is 1. The van der Waals surface area contributed by atoms with Crippen molar-refractivity contribution in [2.45, 2.75) is 40.0 Å². The smallest absolute Gasteiger partial charge is 0.336 e. The van der Waals surface area contributed by atoms with Crippen molar-refractivity contribution < 1.29 is 9.90 Å². The van der Waals surface area contributed by atoms with E-state index in [1.54, 1.807) is 24.3 Å². The second-order valence-corrected chi connectivity index (χ2v) is 6.38. The van der Waals surface area contributed by atoms with Gasteiger partial charge in [0.2, 0.25) is 0 Å². The maximum Gasteiger partial charge on any atom is 0.336 e. The highest BCUT2D eigenvalue weighted by Gasteiger charge is 2.26. The van der Waals surface area contributed by atoms with Crippen molar-refractivity contribution in [3.05, 3.63) is 58.7 Å². The fraction of sp³-hybridized carbons (Fsp3) is 0.350. The van der Waals surface area contributed by atoms with Gasteiger partial charge in [-0.1, -0.05) is 49.5 Å². The number of hydrogen-bond acceptors (Lipinski definition) is 1. The molecule has 1 aromatic carbocycles. The quantitative estimate of drug-likeness (QED) is 0.794. The SMILES string of the molecule is CC1=C(/C=C/C#Cc2ccccc2C(=O)O)C(C)(C)CCC1. The average molecular weight is 294 g/mol. The monoisotopic (exact) mass is 294 g/mol. The van der Waals surface area contributed by atoms with Crippen LogP contribution in [0.1, 0.15) is 56.0 Å². The number of carboxylic acids is 1. The molecule has 1 aromatic rings. The van der Waals surface area contributed by atoms with Crippen LogP contribution in [0.15, 0.2) is 47.6 Å². The molecule has 0 fully saturated rings. The Morgan fingerprint density at radius 3 is 2.73 bits per heavy atom. The van der Waals surface area contributed by atoms with Gasteiger partial charge in [0, 0.05) is 5.56 Å². The lowest BCUT2D eigenvalue weighted by Crippen LogP contribution is -2.18. The van der Waals surface area contributed by atoms with Gasteiger partial charge < -0.3 is 5.11 Å². The first-order chi connectivity index (χ1) is 10.4. The number of aromatic carboxylic acids is 1. The van der Waals surface area contributed by atoms with Crippen LogP contribution >= 0.6 is 0 Å². The highest BCUT2D eigenvalue weighted by molar-refractivity contribution is 5.90. The van der Waals surface area contributed by atoms with Crippen LogP contribution in [0.2, 0.25) is 0 Å². The van der Waals surface area contributed by atoms with Gasteiger partial charge in [0.1, 0.15) is 0 Å². The molecule has 2 heteroatoms. The number of allylic oxidation sites excluding steroid dienone is 4. The summed E-state index contributed by atoms with van der Waals surface area (Å²) in [6.45, 7) is 6.72. The van der Waals surface area contributed by atoms with E-state index >= 15 is 0 Å². The molecule has 0 aromatic heterocycles. The van der Waals surface area contributed by atoms with Crippen molar-refractivity contribution in [1.82, 2.24) is 0 Å². The molecule has 0 aliphatic heterocycles. The molecule has 1 aliphatic rings. The van der Waals surface area contributed by atoms with Crippen molar-refractivity contribution in [3.8, 4) is 11.8 Å². The molecule has 0 amide bonds. The maximum absolute atomic E-state index is 11.1.